The van der Waals surface area contributed by atoms with Crippen LogP contribution in [0.1, 0.15) is 96.5 Å². The summed E-state index contributed by atoms with van der Waals surface area (Å²) < 4.78 is 2.96. The molecule has 0 spiro atoms. The molecule has 0 N–H and O–H groups in total. The smallest absolute Gasteiger partial charge is 0.303 e. The van der Waals surface area contributed by atoms with E-state index in [0.717, 1.165) is 19.3 Å². The summed E-state index contributed by atoms with van der Waals surface area (Å²) in [7, 11) is 0. The molecule has 3 aromatic rings. The molecule has 0 saturated carbocycles. The fourth-order valence-corrected chi connectivity index (χ4v) is 6.97. The Morgan fingerprint density at radius 3 is 1.38 bits per heavy atom. The van der Waals surface area contributed by atoms with E-state index in [-0.39, 0.29) is 26.6 Å². The van der Waals surface area contributed by atoms with Crippen molar-refractivity contribution in [1.82, 2.24) is 0 Å². The van der Waals surface area contributed by atoms with Crippen molar-refractivity contribution in [2.75, 3.05) is 0 Å². The molecule has 0 amide bonds. The fraction of sp³-hybridized carbons (Fsp3) is 0.457. The van der Waals surface area contributed by atoms with Crippen molar-refractivity contribution in [3.8, 4) is 0 Å². The SMILES string of the molecule is CCCCCCCC(C=O)(CCCCCCC)Cc1ccccc1.c1ccc([I+]c2ccccc2)cc1. The zero-order valence-electron chi connectivity index (χ0n) is 23.2. The Bertz CT molecular complexity index is 872. The van der Waals surface area contributed by atoms with Crippen LogP contribution in [0.15, 0.2) is 91.0 Å². The lowest BCUT2D eigenvalue weighted by molar-refractivity contribution is -0.597. The van der Waals surface area contributed by atoms with Crippen LogP contribution in [0.5, 0.6) is 0 Å². The predicted molar refractivity (Wildman–Crippen MR) is 156 cm³/mol. The molecule has 1 nitrogen and oxygen atoms in total. The summed E-state index contributed by atoms with van der Waals surface area (Å²) in [5.74, 6) is 0. The number of halogens is 1. The van der Waals surface area contributed by atoms with Crippen LogP contribution in [-0.2, 0) is 11.2 Å². The summed E-state index contributed by atoms with van der Waals surface area (Å²) in [6.45, 7) is 4.50. The van der Waals surface area contributed by atoms with Gasteiger partial charge in [-0.1, -0.05) is 145 Å². The molecule has 0 fully saturated rings. The van der Waals surface area contributed by atoms with Gasteiger partial charge in [0.05, 0.1) is 0 Å². The minimum Gasteiger partial charge on any atom is -0.303 e. The molecule has 3 rings (SSSR count). The van der Waals surface area contributed by atoms with Gasteiger partial charge in [0, 0.05) is 5.41 Å². The van der Waals surface area contributed by atoms with E-state index < -0.39 is 0 Å². The Labute approximate surface area is 237 Å². The van der Waals surface area contributed by atoms with E-state index >= 15 is 0 Å². The molecular weight excluding hydrogens is 563 g/mol. The number of carbonyl (C=O) groups is 1. The summed E-state index contributed by atoms with van der Waals surface area (Å²) in [5.41, 5.74) is 1.17. The maximum atomic E-state index is 12.1. The third kappa shape index (κ3) is 14.0. The standard InChI is InChI=1S/C23H38O.C12H10I/c1-3-5-7-9-14-18-23(21-24,19-15-10-8-6-4-2)20-22-16-12-11-13-17-22;1-3-7-11(8-4-1)13-12-9-5-2-6-10-12/h11-13,16-17,21H,3-10,14-15,18-20H2,1-2H3;1-10H/q;+1. The number of aldehydes is 1. The van der Waals surface area contributed by atoms with Crippen molar-refractivity contribution in [1.29, 1.82) is 0 Å². The van der Waals surface area contributed by atoms with Gasteiger partial charge in [-0.2, -0.15) is 0 Å². The van der Waals surface area contributed by atoms with Crippen LogP contribution in [0.2, 0.25) is 0 Å². The molecule has 0 bridgehead atoms. The Hall–Kier alpha value is -1.94. The summed E-state index contributed by atoms with van der Waals surface area (Å²) in [6.07, 6.45) is 17.1. The van der Waals surface area contributed by atoms with E-state index in [1.165, 1.54) is 83.2 Å². The van der Waals surface area contributed by atoms with E-state index in [2.05, 4.69) is 105 Å². The first-order valence-corrected chi connectivity index (χ1v) is 16.6. The topological polar surface area (TPSA) is 17.1 Å². The average molecular weight is 612 g/mol. The van der Waals surface area contributed by atoms with Gasteiger partial charge in [-0.25, -0.2) is 0 Å². The average Bonchev–Trinajstić information content (AvgIpc) is 2.95. The van der Waals surface area contributed by atoms with E-state index in [9.17, 15) is 4.79 Å². The fourth-order valence-electron chi connectivity index (χ4n) is 4.71. The van der Waals surface area contributed by atoms with Gasteiger partial charge in [0.1, 0.15) is 6.29 Å². The van der Waals surface area contributed by atoms with Crippen LogP contribution in [0.4, 0.5) is 0 Å². The lowest BCUT2D eigenvalue weighted by Crippen LogP contribution is -3.61. The second kappa shape index (κ2) is 20.1. The zero-order valence-corrected chi connectivity index (χ0v) is 25.4. The largest absolute Gasteiger partial charge is 0.357 e. The maximum absolute atomic E-state index is 12.1. The van der Waals surface area contributed by atoms with Crippen LogP contribution in [-0.4, -0.2) is 6.29 Å². The van der Waals surface area contributed by atoms with Gasteiger partial charge in [0.15, 0.2) is 7.14 Å². The summed E-state index contributed by atoms with van der Waals surface area (Å²) >= 11 is 0.0287. The number of benzene rings is 3. The lowest BCUT2D eigenvalue weighted by atomic mass is 9.74. The quantitative estimate of drug-likeness (QED) is 0.0918. The van der Waals surface area contributed by atoms with Gasteiger partial charge in [-0.15, -0.1) is 0 Å². The second-order valence-electron chi connectivity index (χ2n) is 10.2. The molecule has 3 aromatic carbocycles. The Balaban J connectivity index is 0.000000308. The third-order valence-electron chi connectivity index (χ3n) is 6.89. The highest BCUT2D eigenvalue weighted by atomic mass is 127. The second-order valence-corrected chi connectivity index (χ2v) is 13.2. The summed E-state index contributed by atoms with van der Waals surface area (Å²) in [6, 6.07) is 32.0. The van der Waals surface area contributed by atoms with Crippen molar-refractivity contribution in [3.05, 3.63) is 104 Å². The minimum atomic E-state index is -0.139. The van der Waals surface area contributed by atoms with Crippen molar-refractivity contribution >= 4 is 6.29 Å². The highest BCUT2D eigenvalue weighted by Crippen LogP contribution is 2.34. The third-order valence-corrected chi connectivity index (χ3v) is 9.57. The van der Waals surface area contributed by atoms with Crippen LogP contribution in [0.25, 0.3) is 0 Å². The molecule has 0 unspecified atom stereocenters. The molecule has 0 aliphatic carbocycles. The van der Waals surface area contributed by atoms with E-state index in [4.69, 9.17) is 0 Å². The molecular formula is C35H48IO+. The Morgan fingerprint density at radius 2 is 0.973 bits per heavy atom. The molecule has 0 aliphatic heterocycles. The molecule has 0 aromatic heterocycles. The lowest BCUT2D eigenvalue weighted by Gasteiger charge is -2.28. The van der Waals surface area contributed by atoms with Crippen LogP contribution >= 0.6 is 0 Å². The van der Waals surface area contributed by atoms with Crippen molar-refractivity contribution in [2.24, 2.45) is 5.41 Å². The molecule has 0 atom stereocenters. The number of hydrogen-bond acceptors (Lipinski definition) is 1. The molecule has 37 heavy (non-hydrogen) atoms. The first kappa shape index (κ1) is 31.3. The Morgan fingerprint density at radius 1 is 0.568 bits per heavy atom. The highest BCUT2D eigenvalue weighted by molar-refractivity contribution is 5.60. The number of hydrogen-bond donors (Lipinski definition) is 0. The number of unbranched alkanes of at least 4 members (excludes halogenated alkanes) is 8. The first-order valence-electron chi connectivity index (χ1n) is 14.5. The van der Waals surface area contributed by atoms with Gasteiger partial charge >= 0.3 is 21.2 Å². The summed E-state index contributed by atoms with van der Waals surface area (Å²) in [5, 5.41) is 0. The van der Waals surface area contributed by atoms with Gasteiger partial charge in [-0.3, -0.25) is 0 Å². The van der Waals surface area contributed by atoms with Crippen molar-refractivity contribution in [3.63, 3.8) is 0 Å². The van der Waals surface area contributed by atoms with Crippen LogP contribution in [0, 0.1) is 12.6 Å². The van der Waals surface area contributed by atoms with Gasteiger partial charge in [0.25, 0.3) is 0 Å². The molecule has 0 aliphatic rings. The normalized spacial score (nSPS) is 11.0. The summed E-state index contributed by atoms with van der Waals surface area (Å²) in [4.78, 5) is 12.1. The molecule has 0 heterocycles. The number of carbonyl (C=O) groups excluding carboxylic acids is 1. The molecule has 0 saturated heterocycles. The van der Waals surface area contributed by atoms with Gasteiger partial charge in [-0.05, 0) is 49.1 Å². The Kier molecular flexibility index (Phi) is 17.0. The van der Waals surface area contributed by atoms with Crippen molar-refractivity contribution in [2.45, 2.75) is 97.3 Å². The predicted octanol–water partition coefficient (Wildman–Crippen LogP) is 6.95. The maximum Gasteiger partial charge on any atom is 0.357 e. The van der Waals surface area contributed by atoms with Crippen molar-refractivity contribution < 1.29 is 26.0 Å². The highest BCUT2D eigenvalue weighted by Gasteiger charge is 2.29. The minimum absolute atomic E-state index is 0.0287. The van der Waals surface area contributed by atoms with Gasteiger partial charge in [0.2, 0.25) is 0 Å². The van der Waals surface area contributed by atoms with Crippen LogP contribution < -0.4 is 21.2 Å². The number of rotatable bonds is 17. The first-order chi connectivity index (χ1) is 18.2. The van der Waals surface area contributed by atoms with Gasteiger partial charge < -0.3 is 4.79 Å². The van der Waals surface area contributed by atoms with E-state index in [0.29, 0.717) is 0 Å². The molecule has 0 radical (unpaired) electrons. The van der Waals surface area contributed by atoms with E-state index in [1.807, 2.05) is 0 Å². The zero-order chi connectivity index (χ0) is 26.4. The molecule has 200 valence electrons. The monoisotopic (exact) mass is 611 g/mol. The van der Waals surface area contributed by atoms with E-state index in [1.54, 1.807) is 0 Å². The molecule has 2 heteroatoms. The van der Waals surface area contributed by atoms with Crippen LogP contribution in [0.3, 0.4) is 0 Å².